The Morgan fingerprint density at radius 2 is 2.00 bits per heavy atom. The number of hydrogen-bond donors (Lipinski definition) is 0. The van der Waals surface area contributed by atoms with E-state index in [4.69, 9.17) is 0 Å². The number of esters is 1. The fraction of sp³-hybridized carbons (Fsp3) is 0.800. The molecular formula is C10H15BrO3. The van der Waals surface area contributed by atoms with Crippen molar-refractivity contribution < 1.29 is 14.3 Å². The number of carbonyl (C=O) groups is 2. The molecule has 14 heavy (non-hydrogen) atoms. The van der Waals surface area contributed by atoms with Crippen molar-refractivity contribution in [2.24, 2.45) is 5.41 Å². The van der Waals surface area contributed by atoms with E-state index in [0.717, 1.165) is 38.4 Å². The maximum atomic E-state index is 11.3. The lowest BCUT2D eigenvalue weighted by atomic mass is 9.73. The van der Waals surface area contributed by atoms with Crippen LogP contribution in [0, 0.1) is 5.41 Å². The van der Waals surface area contributed by atoms with Gasteiger partial charge in [0.1, 0.15) is 11.1 Å². The van der Waals surface area contributed by atoms with Crippen molar-refractivity contribution in [3.8, 4) is 0 Å². The number of hydrogen-bond acceptors (Lipinski definition) is 3. The van der Waals surface area contributed by atoms with Gasteiger partial charge in [0, 0.05) is 5.41 Å². The Morgan fingerprint density at radius 3 is 2.43 bits per heavy atom. The average Bonchev–Trinajstić information content (AvgIpc) is 2.28. The molecule has 80 valence electrons. The second kappa shape index (κ2) is 4.91. The molecule has 0 aromatic heterocycles. The van der Waals surface area contributed by atoms with Gasteiger partial charge in [-0.2, -0.15) is 0 Å². The van der Waals surface area contributed by atoms with Crippen LogP contribution in [0.1, 0.15) is 32.1 Å². The van der Waals surface area contributed by atoms with Gasteiger partial charge in [-0.3, -0.25) is 4.79 Å². The molecule has 1 atom stereocenters. The minimum absolute atomic E-state index is 0.348. The topological polar surface area (TPSA) is 43.4 Å². The molecule has 0 amide bonds. The first-order valence-corrected chi connectivity index (χ1v) is 5.76. The zero-order chi connectivity index (χ0) is 10.6. The van der Waals surface area contributed by atoms with Crippen LogP contribution >= 0.6 is 15.9 Å². The lowest BCUT2D eigenvalue weighted by molar-refractivity contribution is -0.144. The van der Waals surface area contributed by atoms with Crippen molar-refractivity contribution in [2.45, 2.75) is 36.9 Å². The lowest BCUT2D eigenvalue weighted by Gasteiger charge is -2.34. The van der Waals surface area contributed by atoms with E-state index < -0.39 is 10.2 Å². The van der Waals surface area contributed by atoms with Gasteiger partial charge in [-0.25, -0.2) is 0 Å². The molecule has 1 aliphatic rings. The van der Waals surface area contributed by atoms with Gasteiger partial charge in [0.2, 0.25) is 0 Å². The summed E-state index contributed by atoms with van der Waals surface area (Å²) in [5, 5.41) is 0. The summed E-state index contributed by atoms with van der Waals surface area (Å²) in [6, 6.07) is 0. The molecule has 0 aliphatic heterocycles. The molecule has 1 saturated carbocycles. The summed E-state index contributed by atoms with van der Waals surface area (Å²) < 4.78 is 4.65. The van der Waals surface area contributed by atoms with Crippen LogP contribution in [0.25, 0.3) is 0 Å². The number of ether oxygens (including phenoxy) is 1. The Hall–Kier alpha value is -0.380. The second-order valence-corrected chi connectivity index (χ2v) is 4.71. The molecule has 0 aromatic carbocycles. The van der Waals surface area contributed by atoms with Crippen molar-refractivity contribution in [3.63, 3.8) is 0 Å². The van der Waals surface area contributed by atoms with Crippen LogP contribution in [0.2, 0.25) is 0 Å². The van der Waals surface area contributed by atoms with E-state index in [-0.39, 0.29) is 5.97 Å². The third-order valence-electron chi connectivity index (χ3n) is 2.93. The minimum atomic E-state index is -0.536. The Bertz CT molecular complexity index is 221. The number of rotatable bonds is 3. The summed E-state index contributed by atoms with van der Waals surface area (Å²) in [5.74, 6) is -0.348. The molecule has 0 heterocycles. The number of methoxy groups -OCH3 is 1. The predicted molar refractivity (Wildman–Crippen MR) is 56.3 cm³/mol. The molecule has 0 aromatic rings. The number of aldehydes is 1. The van der Waals surface area contributed by atoms with Crippen LogP contribution in [0.5, 0.6) is 0 Å². The third kappa shape index (κ3) is 2.16. The van der Waals surface area contributed by atoms with Gasteiger partial charge in [0.25, 0.3) is 0 Å². The largest absolute Gasteiger partial charge is 0.468 e. The molecule has 0 saturated heterocycles. The average molecular weight is 263 g/mol. The highest BCUT2D eigenvalue weighted by Crippen LogP contribution is 2.41. The van der Waals surface area contributed by atoms with E-state index >= 15 is 0 Å². The third-order valence-corrected chi connectivity index (χ3v) is 4.22. The van der Waals surface area contributed by atoms with Crippen molar-refractivity contribution in [1.82, 2.24) is 0 Å². The Balaban J connectivity index is 2.76. The smallest absolute Gasteiger partial charge is 0.320 e. The van der Waals surface area contributed by atoms with Crippen molar-refractivity contribution in [3.05, 3.63) is 0 Å². The quantitative estimate of drug-likeness (QED) is 0.445. The first-order chi connectivity index (χ1) is 6.66. The van der Waals surface area contributed by atoms with E-state index in [2.05, 4.69) is 20.7 Å². The molecular weight excluding hydrogens is 248 g/mol. The lowest BCUT2D eigenvalue weighted by Crippen LogP contribution is -2.40. The standard InChI is InChI=1S/C10H15BrO3/c1-14-9(13)8(11)10(7-12)5-3-2-4-6-10/h7-8H,2-6H2,1H3. The SMILES string of the molecule is COC(=O)C(Br)C1(C=O)CCCCC1. The van der Waals surface area contributed by atoms with Gasteiger partial charge < -0.3 is 9.53 Å². The van der Waals surface area contributed by atoms with Gasteiger partial charge in [-0.15, -0.1) is 0 Å². The van der Waals surface area contributed by atoms with Gasteiger partial charge >= 0.3 is 5.97 Å². The number of halogens is 1. The predicted octanol–water partition coefficient (Wildman–Crippen LogP) is 2.07. The second-order valence-electron chi connectivity index (χ2n) is 3.80. The maximum Gasteiger partial charge on any atom is 0.320 e. The fourth-order valence-electron chi connectivity index (χ4n) is 1.98. The highest BCUT2D eigenvalue weighted by molar-refractivity contribution is 9.10. The molecule has 4 heteroatoms. The molecule has 0 spiro atoms. The van der Waals surface area contributed by atoms with E-state index in [0.29, 0.717) is 0 Å². The Morgan fingerprint density at radius 1 is 1.43 bits per heavy atom. The Labute approximate surface area is 92.3 Å². The number of alkyl halides is 1. The van der Waals surface area contributed by atoms with Gasteiger partial charge in [-0.1, -0.05) is 35.2 Å². The monoisotopic (exact) mass is 262 g/mol. The molecule has 3 nitrogen and oxygen atoms in total. The fourth-order valence-corrected chi connectivity index (χ4v) is 2.73. The number of carbonyl (C=O) groups excluding carboxylic acids is 2. The van der Waals surface area contributed by atoms with Crippen LogP contribution < -0.4 is 0 Å². The van der Waals surface area contributed by atoms with Crippen molar-refractivity contribution >= 4 is 28.2 Å². The van der Waals surface area contributed by atoms with Crippen LogP contribution in [0.3, 0.4) is 0 Å². The first kappa shape index (κ1) is 11.7. The minimum Gasteiger partial charge on any atom is -0.468 e. The van der Waals surface area contributed by atoms with Crippen molar-refractivity contribution in [1.29, 1.82) is 0 Å². The van der Waals surface area contributed by atoms with Crippen LogP contribution in [0.4, 0.5) is 0 Å². The molecule has 1 aliphatic carbocycles. The van der Waals surface area contributed by atoms with Crippen LogP contribution in [-0.2, 0) is 14.3 Å². The first-order valence-electron chi connectivity index (χ1n) is 4.84. The summed E-state index contributed by atoms with van der Waals surface area (Å²) >= 11 is 3.28. The zero-order valence-electron chi connectivity index (χ0n) is 8.29. The summed E-state index contributed by atoms with van der Waals surface area (Å²) in [4.78, 5) is 22.0. The van der Waals surface area contributed by atoms with E-state index in [1.54, 1.807) is 0 Å². The molecule has 0 bridgehead atoms. The van der Waals surface area contributed by atoms with E-state index in [9.17, 15) is 9.59 Å². The van der Waals surface area contributed by atoms with Crippen LogP contribution in [0.15, 0.2) is 0 Å². The highest BCUT2D eigenvalue weighted by atomic mass is 79.9. The molecule has 1 rings (SSSR count). The summed E-state index contributed by atoms with van der Waals surface area (Å²) in [5.41, 5.74) is -0.536. The summed E-state index contributed by atoms with van der Waals surface area (Å²) in [7, 11) is 1.35. The van der Waals surface area contributed by atoms with Crippen LogP contribution in [-0.4, -0.2) is 24.2 Å². The molecule has 0 N–H and O–H groups in total. The molecule has 0 radical (unpaired) electrons. The van der Waals surface area contributed by atoms with Gasteiger partial charge in [0.15, 0.2) is 0 Å². The molecule has 1 unspecified atom stereocenters. The maximum absolute atomic E-state index is 11.3. The Kier molecular flexibility index (Phi) is 4.11. The summed E-state index contributed by atoms with van der Waals surface area (Å²) in [6.07, 6.45) is 5.65. The van der Waals surface area contributed by atoms with Gasteiger partial charge in [0.05, 0.1) is 7.11 Å². The normalized spacial score (nSPS) is 22.4. The van der Waals surface area contributed by atoms with E-state index in [1.165, 1.54) is 7.11 Å². The van der Waals surface area contributed by atoms with Gasteiger partial charge in [-0.05, 0) is 12.8 Å². The van der Waals surface area contributed by atoms with Crippen molar-refractivity contribution in [2.75, 3.05) is 7.11 Å². The zero-order valence-corrected chi connectivity index (χ0v) is 9.88. The summed E-state index contributed by atoms with van der Waals surface area (Å²) in [6.45, 7) is 0. The highest BCUT2D eigenvalue weighted by Gasteiger charge is 2.42. The van der Waals surface area contributed by atoms with E-state index in [1.807, 2.05) is 0 Å². The molecule has 1 fully saturated rings.